The van der Waals surface area contributed by atoms with Gasteiger partial charge in [-0.15, -0.1) is 0 Å². The van der Waals surface area contributed by atoms with Gasteiger partial charge >= 0.3 is 0 Å². The van der Waals surface area contributed by atoms with Gasteiger partial charge in [0.05, 0.1) is 7.11 Å². The lowest BCUT2D eigenvalue weighted by Gasteiger charge is -2.35. The number of hydrogen-bond donors (Lipinski definition) is 0. The zero-order valence-electron chi connectivity index (χ0n) is 16.6. The van der Waals surface area contributed by atoms with Crippen LogP contribution >= 0.6 is 0 Å². The van der Waals surface area contributed by atoms with Gasteiger partial charge in [-0.05, 0) is 86.8 Å². The van der Waals surface area contributed by atoms with Crippen molar-refractivity contribution in [3.63, 3.8) is 0 Å². The van der Waals surface area contributed by atoms with Crippen molar-refractivity contribution < 1.29 is 13.5 Å². The van der Waals surface area contributed by atoms with E-state index >= 15 is 0 Å². The minimum absolute atomic E-state index is 0.0321. The molecule has 0 aliphatic heterocycles. The van der Waals surface area contributed by atoms with Gasteiger partial charge in [0, 0.05) is 5.56 Å². The summed E-state index contributed by atoms with van der Waals surface area (Å²) in [5, 5.41) is 0. The van der Waals surface area contributed by atoms with Crippen molar-refractivity contribution in [3.8, 4) is 5.75 Å². The molecule has 1 atom stereocenters. The molecule has 0 aromatic heterocycles. The maximum absolute atomic E-state index is 14.4. The predicted molar refractivity (Wildman–Crippen MR) is 108 cm³/mol. The SMILES string of the molecule is CCC/C=C/C1CCC(C2CC=C(c3ccc(OC)c(F)c3F)CC2)CC1. The topological polar surface area (TPSA) is 9.23 Å². The first-order valence-electron chi connectivity index (χ1n) is 10.5. The van der Waals surface area contributed by atoms with E-state index in [2.05, 4.69) is 25.2 Å². The Hall–Kier alpha value is -1.64. The third kappa shape index (κ3) is 4.80. The Morgan fingerprint density at radius 2 is 1.81 bits per heavy atom. The zero-order chi connectivity index (χ0) is 19.2. The largest absolute Gasteiger partial charge is 0.494 e. The summed E-state index contributed by atoms with van der Waals surface area (Å²) in [4.78, 5) is 0. The molecule has 2 aliphatic rings. The van der Waals surface area contributed by atoms with Crippen LogP contribution in [-0.2, 0) is 0 Å². The van der Waals surface area contributed by atoms with Crippen LogP contribution in [-0.4, -0.2) is 7.11 Å². The average Bonchev–Trinajstić information content (AvgIpc) is 2.71. The predicted octanol–water partition coefficient (Wildman–Crippen LogP) is 7.32. The van der Waals surface area contributed by atoms with E-state index in [0.29, 0.717) is 11.5 Å². The van der Waals surface area contributed by atoms with Crippen molar-refractivity contribution in [1.29, 1.82) is 0 Å². The molecular weight excluding hydrogens is 342 g/mol. The first-order chi connectivity index (χ1) is 13.1. The molecule has 0 saturated heterocycles. The van der Waals surface area contributed by atoms with Crippen LogP contribution in [0.3, 0.4) is 0 Å². The molecule has 1 fully saturated rings. The van der Waals surface area contributed by atoms with Crippen molar-refractivity contribution in [2.75, 3.05) is 7.11 Å². The first kappa shape index (κ1) is 20.1. The van der Waals surface area contributed by atoms with Crippen molar-refractivity contribution in [2.45, 2.75) is 64.7 Å². The molecular formula is C24H32F2O. The molecule has 0 bridgehead atoms. The number of rotatable bonds is 6. The maximum Gasteiger partial charge on any atom is 0.201 e. The smallest absolute Gasteiger partial charge is 0.201 e. The van der Waals surface area contributed by atoms with Gasteiger partial charge in [-0.25, -0.2) is 4.39 Å². The molecule has 1 saturated carbocycles. The molecule has 1 aromatic rings. The number of allylic oxidation sites excluding steroid dienone is 4. The summed E-state index contributed by atoms with van der Waals surface area (Å²) in [5.74, 6) is 0.552. The van der Waals surface area contributed by atoms with Crippen molar-refractivity contribution in [3.05, 3.63) is 47.6 Å². The Morgan fingerprint density at radius 1 is 1.04 bits per heavy atom. The van der Waals surface area contributed by atoms with Gasteiger partial charge < -0.3 is 4.74 Å². The maximum atomic E-state index is 14.4. The summed E-state index contributed by atoms with van der Waals surface area (Å²) < 4.78 is 33.2. The van der Waals surface area contributed by atoms with E-state index in [1.807, 2.05) is 0 Å². The molecule has 148 valence electrons. The molecule has 2 aliphatic carbocycles. The fourth-order valence-corrected chi connectivity index (χ4v) is 4.73. The molecule has 0 amide bonds. The molecule has 27 heavy (non-hydrogen) atoms. The molecule has 0 radical (unpaired) electrons. The molecule has 3 rings (SSSR count). The van der Waals surface area contributed by atoms with Gasteiger partial charge in [-0.1, -0.05) is 31.6 Å². The van der Waals surface area contributed by atoms with Crippen LogP contribution in [0.15, 0.2) is 30.4 Å². The third-order valence-electron chi connectivity index (χ3n) is 6.41. The molecule has 0 N–H and O–H groups in total. The fourth-order valence-electron chi connectivity index (χ4n) is 4.73. The highest BCUT2D eigenvalue weighted by atomic mass is 19.2. The Labute approximate surface area is 162 Å². The van der Waals surface area contributed by atoms with Gasteiger partial charge in [0.2, 0.25) is 5.82 Å². The standard InChI is InChI=1S/C24H32F2O/c1-3-4-5-6-17-7-9-18(10-8-17)19-11-13-20(14-12-19)21-15-16-22(27-2)24(26)23(21)25/h5-6,13,15-19H,3-4,7-12,14H2,1-2H3/b6-5+. The average molecular weight is 375 g/mol. The van der Waals surface area contributed by atoms with Crippen molar-refractivity contribution in [2.24, 2.45) is 17.8 Å². The first-order valence-corrected chi connectivity index (χ1v) is 10.5. The van der Waals surface area contributed by atoms with Crippen LogP contribution in [0.1, 0.15) is 70.3 Å². The highest BCUT2D eigenvalue weighted by Gasteiger charge is 2.29. The minimum Gasteiger partial charge on any atom is -0.494 e. The van der Waals surface area contributed by atoms with E-state index in [1.165, 1.54) is 51.7 Å². The van der Waals surface area contributed by atoms with Crippen molar-refractivity contribution in [1.82, 2.24) is 0 Å². The van der Waals surface area contributed by atoms with Crippen LogP contribution in [0.5, 0.6) is 5.75 Å². The quantitative estimate of drug-likeness (QED) is 0.474. The summed E-state index contributed by atoms with van der Waals surface area (Å²) in [6, 6.07) is 3.17. The van der Waals surface area contributed by atoms with E-state index in [4.69, 9.17) is 4.74 Å². The van der Waals surface area contributed by atoms with Crippen LogP contribution in [0, 0.1) is 29.4 Å². The van der Waals surface area contributed by atoms with Gasteiger partial charge in [-0.3, -0.25) is 0 Å². The van der Waals surface area contributed by atoms with Crippen molar-refractivity contribution >= 4 is 5.57 Å². The van der Waals surface area contributed by atoms with Gasteiger partial charge in [0.15, 0.2) is 11.6 Å². The van der Waals surface area contributed by atoms with Crippen LogP contribution in [0.4, 0.5) is 8.78 Å². The number of halogens is 2. The van der Waals surface area contributed by atoms with E-state index in [1.54, 1.807) is 6.07 Å². The van der Waals surface area contributed by atoms with Gasteiger partial charge in [0.25, 0.3) is 0 Å². The second-order valence-electron chi connectivity index (χ2n) is 8.10. The second-order valence-corrected chi connectivity index (χ2v) is 8.10. The summed E-state index contributed by atoms with van der Waals surface area (Å²) in [7, 11) is 1.36. The number of hydrogen-bond acceptors (Lipinski definition) is 1. The molecule has 0 heterocycles. The molecule has 1 unspecified atom stereocenters. The Balaban J connectivity index is 1.57. The summed E-state index contributed by atoms with van der Waals surface area (Å²) in [5.41, 5.74) is 1.35. The summed E-state index contributed by atoms with van der Waals surface area (Å²) in [6.45, 7) is 2.22. The lowest BCUT2D eigenvalue weighted by atomic mass is 9.71. The number of methoxy groups -OCH3 is 1. The number of ether oxygens (including phenoxy) is 1. The van der Waals surface area contributed by atoms with Crippen LogP contribution in [0.2, 0.25) is 0 Å². The van der Waals surface area contributed by atoms with Gasteiger partial charge in [0.1, 0.15) is 0 Å². The van der Waals surface area contributed by atoms with Gasteiger partial charge in [-0.2, -0.15) is 4.39 Å². The van der Waals surface area contributed by atoms with E-state index in [0.717, 1.165) is 36.7 Å². The molecule has 0 spiro atoms. The highest BCUT2D eigenvalue weighted by molar-refractivity contribution is 5.67. The Morgan fingerprint density at radius 3 is 2.44 bits per heavy atom. The summed E-state index contributed by atoms with van der Waals surface area (Å²) in [6.07, 6.45) is 17.5. The lowest BCUT2D eigenvalue weighted by molar-refractivity contribution is 0.212. The van der Waals surface area contributed by atoms with Crippen LogP contribution < -0.4 is 4.74 Å². The van der Waals surface area contributed by atoms with E-state index in [-0.39, 0.29) is 5.75 Å². The highest BCUT2D eigenvalue weighted by Crippen LogP contribution is 2.42. The Kier molecular flexibility index (Phi) is 7.09. The third-order valence-corrected chi connectivity index (χ3v) is 6.41. The summed E-state index contributed by atoms with van der Waals surface area (Å²) >= 11 is 0. The molecule has 1 aromatic carbocycles. The van der Waals surface area contributed by atoms with E-state index < -0.39 is 11.6 Å². The van der Waals surface area contributed by atoms with E-state index in [9.17, 15) is 8.78 Å². The number of unbranched alkanes of at least 4 members (excludes halogenated alkanes) is 1. The molecule has 3 heteroatoms. The second kappa shape index (κ2) is 9.52. The minimum atomic E-state index is -0.882. The lowest BCUT2D eigenvalue weighted by Crippen LogP contribution is -2.22. The normalized spacial score (nSPS) is 26.2. The Bertz CT molecular complexity index is 684. The van der Waals surface area contributed by atoms with Crippen LogP contribution in [0.25, 0.3) is 5.57 Å². The number of benzene rings is 1. The monoisotopic (exact) mass is 374 g/mol. The zero-order valence-corrected chi connectivity index (χ0v) is 16.6. The fraction of sp³-hybridized carbons (Fsp3) is 0.583. The molecule has 1 nitrogen and oxygen atoms in total.